The molecular formula is C46H55N6O2S2+. The molecule has 4 aromatic carbocycles. The van der Waals surface area contributed by atoms with Gasteiger partial charge in [0.25, 0.3) is 5.82 Å². The molecule has 1 atom stereocenters. The molecule has 0 amide bonds. The summed E-state index contributed by atoms with van der Waals surface area (Å²) >= 11 is 0. The summed E-state index contributed by atoms with van der Waals surface area (Å²) in [7, 11) is 12.7. The lowest BCUT2D eigenvalue weighted by molar-refractivity contribution is -0.647. The third-order valence-corrected chi connectivity index (χ3v) is 13.9. The standard InChI is InChI=1S/C46H55N6O2S2/c1-47-27-29-53-43-33-35(17-21-41(43)47)19-23-45-49(3)37-13-5-7-15-39(37)51(45)25-9-11-31-55-56-32-12-10-26-52-40-16-8-6-14-38(40)50(4)46(52)24-20-36-18-22-42-44(34-36)54-30-28-48(42)2/h5-8,13-24,33-34,45H,9-12,25-32H2,1-4H3/q+1/b23-19+. The molecule has 3 aliphatic rings. The number of unbranched alkanes of at least 4 members (excludes halogenated alkanes) is 2. The van der Waals surface area contributed by atoms with E-state index in [4.69, 9.17) is 9.47 Å². The first-order valence-corrected chi connectivity index (χ1v) is 22.6. The lowest BCUT2D eigenvalue weighted by Crippen LogP contribution is -2.40. The van der Waals surface area contributed by atoms with Crippen LogP contribution < -0.4 is 33.6 Å². The molecule has 0 spiro atoms. The van der Waals surface area contributed by atoms with Gasteiger partial charge in [-0.1, -0.05) is 64.1 Å². The van der Waals surface area contributed by atoms with Crippen LogP contribution in [0.2, 0.25) is 0 Å². The lowest BCUT2D eigenvalue weighted by Gasteiger charge is -2.29. The van der Waals surface area contributed by atoms with Crippen molar-refractivity contribution in [1.82, 2.24) is 4.57 Å². The summed E-state index contributed by atoms with van der Waals surface area (Å²) in [5.74, 6) is 5.51. The van der Waals surface area contributed by atoms with Crippen LogP contribution in [-0.4, -0.2) is 76.2 Å². The third-order valence-electron chi connectivity index (χ3n) is 11.3. The summed E-state index contributed by atoms with van der Waals surface area (Å²) in [4.78, 5) is 9.50. The molecule has 0 saturated carbocycles. The van der Waals surface area contributed by atoms with E-state index in [1.807, 2.05) is 21.6 Å². The maximum absolute atomic E-state index is 5.98. The van der Waals surface area contributed by atoms with Gasteiger partial charge in [-0.3, -0.25) is 0 Å². The van der Waals surface area contributed by atoms with E-state index in [2.05, 4.69) is 166 Å². The van der Waals surface area contributed by atoms with E-state index in [1.165, 1.54) is 70.3 Å². The van der Waals surface area contributed by atoms with Crippen LogP contribution in [-0.2, 0) is 13.6 Å². The predicted molar refractivity (Wildman–Crippen MR) is 241 cm³/mol. The fourth-order valence-corrected chi connectivity index (χ4v) is 10.4. The van der Waals surface area contributed by atoms with Gasteiger partial charge in [-0.2, -0.15) is 0 Å². The highest BCUT2D eigenvalue weighted by molar-refractivity contribution is 8.76. The van der Waals surface area contributed by atoms with Crippen molar-refractivity contribution in [2.45, 2.75) is 38.4 Å². The lowest BCUT2D eigenvalue weighted by atomic mass is 10.1. The summed E-state index contributed by atoms with van der Waals surface area (Å²) < 4.78 is 16.8. The molecule has 8 nitrogen and oxygen atoms in total. The van der Waals surface area contributed by atoms with Crippen LogP contribution in [0.15, 0.2) is 91.0 Å². The first-order chi connectivity index (χ1) is 27.5. The normalized spacial score (nSPS) is 16.5. The van der Waals surface area contributed by atoms with Crippen molar-refractivity contribution in [2.24, 2.45) is 7.05 Å². The number of fused-ring (bicyclic) bond motifs is 4. The molecular weight excluding hydrogens is 733 g/mol. The molecule has 4 heterocycles. The van der Waals surface area contributed by atoms with E-state index < -0.39 is 0 Å². The summed E-state index contributed by atoms with van der Waals surface area (Å²) in [5, 5.41) is 0. The number of ether oxygens (including phenoxy) is 2. The van der Waals surface area contributed by atoms with Gasteiger partial charge < -0.3 is 29.1 Å². The second-order valence-electron chi connectivity index (χ2n) is 15.0. The number of para-hydroxylation sites is 4. The van der Waals surface area contributed by atoms with Crippen molar-refractivity contribution in [1.29, 1.82) is 0 Å². The van der Waals surface area contributed by atoms with Crippen molar-refractivity contribution in [3.63, 3.8) is 0 Å². The fourth-order valence-electron chi connectivity index (χ4n) is 8.14. The molecule has 0 saturated heterocycles. The van der Waals surface area contributed by atoms with Crippen LogP contribution in [0.4, 0.5) is 22.7 Å². The van der Waals surface area contributed by atoms with Crippen molar-refractivity contribution in [2.75, 3.05) is 85.1 Å². The number of rotatable bonds is 15. The second kappa shape index (κ2) is 17.6. The number of benzene rings is 4. The number of aryl methyl sites for hydroxylation is 2. The number of hydrogen-bond donors (Lipinski definition) is 0. The zero-order valence-corrected chi connectivity index (χ0v) is 34.9. The average molecular weight is 788 g/mol. The Balaban J connectivity index is 0.805. The highest BCUT2D eigenvalue weighted by Crippen LogP contribution is 2.40. The van der Waals surface area contributed by atoms with Crippen molar-refractivity contribution < 1.29 is 14.0 Å². The Morgan fingerprint density at radius 3 is 1.96 bits per heavy atom. The summed E-state index contributed by atoms with van der Waals surface area (Å²) in [5.41, 5.74) is 9.83. The Hall–Kier alpha value is -4.67. The van der Waals surface area contributed by atoms with E-state index in [0.717, 1.165) is 68.6 Å². The number of imidazole rings is 1. The number of likely N-dealkylation sites (N-methyl/N-ethyl adjacent to an activating group) is 3. The Bertz CT molecular complexity index is 2200. The van der Waals surface area contributed by atoms with Crippen molar-refractivity contribution >= 4 is 73.6 Å². The number of aromatic nitrogens is 2. The molecule has 8 rings (SSSR count). The monoisotopic (exact) mass is 787 g/mol. The van der Waals surface area contributed by atoms with Crippen LogP contribution in [0.1, 0.15) is 42.6 Å². The summed E-state index contributed by atoms with van der Waals surface area (Å²) in [6.07, 6.45) is 14.0. The van der Waals surface area contributed by atoms with Gasteiger partial charge in [0.05, 0.1) is 49.4 Å². The Kier molecular flexibility index (Phi) is 12.0. The minimum absolute atomic E-state index is 0.185. The third kappa shape index (κ3) is 8.23. The molecule has 10 heteroatoms. The molecule has 0 fully saturated rings. The van der Waals surface area contributed by atoms with E-state index >= 15 is 0 Å². The van der Waals surface area contributed by atoms with Crippen LogP contribution in [0.25, 0.3) is 29.3 Å². The zero-order chi connectivity index (χ0) is 38.4. The molecule has 3 aliphatic heterocycles. The van der Waals surface area contributed by atoms with Crippen molar-refractivity contribution in [3.05, 3.63) is 108 Å². The van der Waals surface area contributed by atoms with E-state index in [1.54, 1.807) is 0 Å². The molecule has 0 bridgehead atoms. The van der Waals surface area contributed by atoms with Crippen LogP contribution in [0.3, 0.4) is 0 Å². The fraction of sp³-hybridized carbons (Fsp3) is 0.370. The molecule has 1 unspecified atom stereocenters. The quantitative estimate of drug-likeness (QED) is 0.0592. The Morgan fingerprint density at radius 2 is 1.27 bits per heavy atom. The molecule has 56 heavy (non-hydrogen) atoms. The van der Waals surface area contributed by atoms with Gasteiger partial charge in [-0.15, -0.1) is 0 Å². The number of anilines is 4. The highest BCUT2D eigenvalue weighted by Gasteiger charge is 2.31. The van der Waals surface area contributed by atoms with Gasteiger partial charge in [0.2, 0.25) is 0 Å². The van der Waals surface area contributed by atoms with Gasteiger partial charge in [0.1, 0.15) is 30.9 Å². The van der Waals surface area contributed by atoms with Gasteiger partial charge in [0.15, 0.2) is 11.0 Å². The van der Waals surface area contributed by atoms with Gasteiger partial charge in [-0.25, -0.2) is 9.13 Å². The molecule has 0 radical (unpaired) electrons. The smallest absolute Gasteiger partial charge is 0.282 e. The zero-order valence-electron chi connectivity index (χ0n) is 33.3. The SMILES string of the molecule is CN1CCOc2cc(/C=C/c3n(CCCCSSCCCCN4c5ccccc5N(C)C4/C=C/c4ccc5c(c4)OCCN5C)c4ccccc4[n+]3C)ccc21. The van der Waals surface area contributed by atoms with E-state index in [0.29, 0.717) is 0 Å². The number of nitrogens with zero attached hydrogens (tertiary/aromatic N) is 6. The molecule has 0 N–H and O–H groups in total. The van der Waals surface area contributed by atoms with Crippen LogP contribution >= 0.6 is 21.6 Å². The second-order valence-corrected chi connectivity index (χ2v) is 17.7. The minimum atomic E-state index is 0.185. The molecule has 0 aliphatic carbocycles. The molecule has 5 aromatic rings. The topological polar surface area (TPSA) is 40.2 Å². The summed E-state index contributed by atoms with van der Waals surface area (Å²) in [6.45, 7) is 5.36. The largest absolute Gasteiger partial charge is 0.490 e. The van der Waals surface area contributed by atoms with E-state index in [-0.39, 0.29) is 6.17 Å². The molecule has 1 aromatic heterocycles. The first-order valence-electron chi connectivity index (χ1n) is 20.1. The maximum Gasteiger partial charge on any atom is 0.282 e. The number of hydrogen-bond acceptors (Lipinski definition) is 8. The Morgan fingerprint density at radius 1 is 0.661 bits per heavy atom. The van der Waals surface area contributed by atoms with Gasteiger partial charge in [-0.05, 0) is 97.5 Å². The molecule has 292 valence electrons. The summed E-state index contributed by atoms with van der Waals surface area (Å²) in [6, 6.07) is 30.7. The van der Waals surface area contributed by atoms with Crippen LogP contribution in [0, 0.1) is 0 Å². The Labute approximate surface area is 340 Å². The van der Waals surface area contributed by atoms with Crippen LogP contribution in [0.5, 0.6) is 11.5 Å². The maximum atomic E-state index is 5.98. The highest BCUT2D eigenvalue weighted by atomic mass is 33.1. The minimum Gasteiger partial charge on any atom is -0.490 e. The van der Waals surface area contributed by atoms with Gasteiger partial charge in [0, 0.05) is 45.3 Å². The first kappa shape index (κ1) is 38.2. The van der Waals surface area contributed by atoms with Gasteiger partial charge >= 0.3 is 0 Å². The average Bonchev–Trinajstić information content (AvgIpc) is 3.65. The van der Waals surface area contributed by atoms with Crippen molar-refractivity contribution in [3.8, 4) is 11.5 Å². The predicted octanol–water partition coefficient (Wildman–Crippen LogP) is 9.23. The van der Waals surface area contributed by atoms with E-state index in [9.17, 15) is 0 Å².